The summed E-state index contributed by atoms with van der Waals surface area (Å²) in [7, 11) is 0. The van der Waals surface area contributed by atoms with Crippen molar-refractivity contribution in [3.05, 3.63) is 36.0 Å². The van der Waals surface area contributed by atoms with E-state index in [1.807, 2.05) is 6.20 Å². The molecule has 0 aliphatic rings. The number of rotatable bonds is 1. The minimum atomic E-state index is -0.255. The van der Waals surface area contributed by atoms with Gasteiger partial charge in [-0.3, -0.25) is 0 Å². The van der Waals surface area contributed by atoms with E-state index in [0.717, 1.165) is 5.69 Å². The minimum Gasteiger partial charge on any atom is -0.307 e. The normalized spacial score (nSPS) is 10.0. The van der Waals surface area contributed by atoms with Crippen molar-refractivity contribution in [3.8, 4) is 0 Å². The van der Waals surface area contributed by atoms with E-state index < -0.39 is 0 Å². The molecule has 0 N–H and O–H groups in total. The average Bonchev–Trinajstić information content (AvgIpc) is 2.46. The van der Waals surface area contributed by atoms with Crippen LogP contribution in [-0.4, -0.2) is 9.38 Å². The highest BCUT2D eigenvalue weighted by molar-refractivity contribution is 9.08. The summed E-state index contributed by atoms with van der Waals surface area (Å²) in [6.07, 6.45) is 3.52. The van der Waals surface area contributed by atoms with Crippen molar-refractivity contribution in [2.75, 3.05) is 0 Å². The van der Waals surface area contributed by atoms with Gasteiger partial charge < -0.3 is 4.40 Å². The lowest BCUT2D eigenvalue weighted by molar-refractivity contribution is 0.626. The molecule has 0 aliphatic carbocycles. The first-order valence-electron chi connectivity index (χ1n) is 3.49. The Kier molecular flexibility index (Phi) is 3.44. The molecule has 0 aliphatic heterocycles. The monoisotopic (exact) mass is 308 g/mol. The maximum Gasteiger partial charge on any atom is 0.139 e. The second kappa shape index (κ2) is 4.19. The van der Waals surface area contributed by atoms with Crippen LogP contribution in [0.5, 0.6) is 0 Å². The molecule has 2 heterocycles. The van der Waals surface area contributed by atoms with E-state index in [2.05, 4.69) is 20.9 Å². The van der Waals surface area contributed by atoms with Crippen LogP contribution >= 0.6 is 32.9 Å². The number of fused-ring (bicyclic) bond motifs is 1. The summed E-state index contributed by atoms with van der Waals surface area (Å²) in [4.78, 5) is 4.17. The number of pyridine rings is 1. The van der Waals surface area contributed by atoms with Gasteiger partial charge in [-0.25, -0.2) is 9.37 Å². The van der Waals surface area contributed by atoms with Crippen molar-refractivity contribution in [2.24, 2.45) is 0 Å². The molecule has 0 bridgehead atoms. The van der Waals surface area contributed by atoms with Crippen molar-refractivity contribution >= 4 is 38.6 Å². The van der Waals surface area contributed by atoms with Gasteiger partial charge in [-0.1, -0.05) is 15.9 Å². The highest BCUT2D eigenvalue weighted by Crippen LogP contribution is 2.09. The lowest BCUT2D eigenvalue weighted by Gasteiger charge is -1.90. The molecule has 0 aromatic carbocycles. The first-order valence-corrected chi connectivity index (χ1v) is 4.61. The first-order chi connectivity index (χ1) is 5.79. The third kappa shape index (κ3) is 2.08. The molecular formula is C8H7Br2FN2. The van der Waals surface area contributed by atoms with Crippen molar-refractivity contribution in [3.63, 3.8) is 0 Å². The Morgan fingerprint density at radius 3 is 3.00 bits per heavy atom. The molecule has 2 nitrogen and oxygen atoms in total. The lowest BCUT2D eigenvalue weighted by Crippen LogP contribution is -1.82. The summed E-state index contributed by atoms with van der Waals surface area (Å²) in [5.74, 6) is -0.255. The average molecular weight is 310 g/mol. The van der Waals surface area contributed by atoms with Gasteiger partial charge in [0, 0.05) is 23.8 Å². The Labute approximate surface area is 93.7 Å². The van der Waals surface area contributed by atoms with Gasteiger partial charge in [-0.2, -0.15) is 0 Å². The summed E-state index contributed by atoms with van der Waals surface area (Å²) in [6.45, 7) is 0. The Morgan fingerprint density at radius 2 is 2.31 bits per heavy atom. The number of halogens is 3. The van der Waals surface area contributed by atoms with Crippen molar-refractivity contribution in [1.82, 2.24) is 9.38 Å². The Morgan fingerprint density at radius 1 is 1.54 bits per heavy atom. The number of imidazole rings is 1. The zero-order valence-corrected chi connectivity index (χ0v) is 9.87. The SMILES string of the molecule is Br.Fc1ccn2cc(CBr)nc2c1. The second-order valence-electron chi connectivity index (χ2n) is 2.48. The number of hydrogen-bond donors (Lipinski definition) is 0. The van der Waals surface area contributed by atoms with E-state index in [9.17, 15) is 4.39 Å². The van der Waals surface area contributed by atoms with Gasteiger partial charge in [-0.05, 0) is 6.07 Å². The van der Waals surface area contributed by atoms with E-state index in [0.29, 0.717) is 11.0 Å². The molecule has 0 saturated heterocycles. The predicted octanol–water partition coefficient (Wildman–Crippen LogP) is 2.95. The van der Waals surface area contributed by atoms with Crippen molar-refractivity contribution < 1.29 is 4.39 Å². The van der Waals surface area contributed by atoms with Crippen LogP contribution in [0, 0.1) is 5.82 Å². The lowest BCUT2D eigenvalue weighted by atomic mass is 10.4. The molecule has 0 unspecified atom stereocenters. The summed E-state index contributed by atoms with van der Waals surface area (Å²) < 4.78 is 14.5. The highest BCUT2D eigenvalue weighted by atomic mass is 79.9. The molecule has 0 amide bonds. The maximum absolute atomic E-state index is 12.7. The van der Waals surface area contributed by atoms with Crippen LogP contribution in [0.1, 0.15) is 5.69 Å². The van der Waals surface area contributed by atoms with Gasteiger partial charge >= 0.3 is 0 Å². The Hall–Kier alpha value is -0.420. The third-order valence-electron chi connectivity index (χ3n) is 1.61. The molecule has 0 atom stereocenters. The molecule has 0 spiro atoms. The fraction of sp³-hybridized carbons (Fsp3) is 0.125. The van der Waals surface area contributed by atoms with Gasteiger partial charge in [0.15, 0.2) is 0 Å². The molecule has 0 radical (unpaired) electrons. The quantitative estimate of drug-likeness (QED) is 0.740. The van der Waals surface area contributed by atoms with E-state index in [1.54, 1.807) is 10.6 Å². The number of hydrogen-bond acceptors (Lipinski definition) is 1. The zero-order chi connectivity index (χ0) is 8.55. The smallest absolute Gasteiger partial charge is 0.139 e. The van der Waals surface area contributed by atoms with Crippen LogP contribution in [-0.2, 0) is 5.33 Å². The molecule has 0 fully saturated rings. The fourth-order valence-electron chi connectivity index (χ4n) is 1.07. The maximum atomic E-state index is 12.7. The number of alkyl halides is 1. The topological polar surface area (TPSA) is 17.3 Å². The molecule has 13 heavy (non-hydrogen) atoms. The van der Waals surface area contributed by atoms with E-state index >= 15 is 0 Å². The molecule has 2 aromatic heterocycles. The summed E-state index contributed by atoms with van der Waals surface area (Å²) >= 11 is 3.28. The van der Waals surface area contributed by atoms with E-state index in [-0.39, 0.29) is 22.8 Å². The van der Waals surface area contributed by atoms with E-state index in [4.69, 9.17) is 0 Å². The summed E-state index contributed by atoms with van der Waals surface area (Å²) in [5, 5.41) is 0.691. The van der Waals surface area contributed by atoms with Crippen LogP contribution in [0.15, 0.2) is 24.5 Å². The van der Waals surface area contributed by atoms with Crippen molar-refractivity contribution in [1.29, 1.82) is 0 Å². The van der Waals surface area contributed by atoms with Gasteiger partial charge in [-0.15, -0.1) is 17.0 Å². The van der Waals surface area contributed by atoms with Crippen LogP contribution in [0.25, 0.3) is 5.65 Å². The zero-order valence-electron chi connectivity index (χ0n) is 6.58. The molecule has 2 aromatic rings. The van der Waals surface area contributed by atoms with Crippen LogP contribution in [0.4, 0.5) is 4.39 Å². The summed E-state index contributed by atoms with van der Waals surface area (Å²) in [5.41, 5.74) is 1.55. The number of aromatic nitrogens is 2. The second-order valence-corrected chi connectivity index (χ2v) is 3.04. The largest absolute Gasteiger partial charge is 0.307 e. The molecular weight excluding hydrogens is 303 g/mol. The van der Waals surface area contributed by atoms with Gasteiger partial charge in [0.25, 0.3) is 0 Å². The standard InChI is InChI=1S/C8H6BrFN2.BrH/c9-4-7-5-12-2-1-6(10)3-8(12)11-7;/h1-3,5H,4H2;1H. The van der Waals surface area contributed by atoms with Crippen molar-refractivity contribution in [2.45, 2.75) is 5.33 Å². The minimum absolute atomic E-state index is 0. The predicted molar refractivity (Wildman–Crippen MR) is 58.1 cm³/mol. The molecule has 5 heteroatoms. The third-order valence-corrected chi connectivity index (χ3v) is 2.18. The van der Waals surface area contributed by atoms with Crippen LogP contribution in [0.2, 0.25) is 0 Å². The molecule has 2 rings (SSSR count). The van der Waals surface area contributed by atoms with Gasteiger partial charge in [0.05, 0.1) is 5.69 Å². The molecule has 0 saturated carbocycles. The highest BCUT2D eigenvalue weighted by Gasteiger charge is 1.99. The van der Waals surface area contributed by atoms with E-state index in [1.165, 1.54) is 12.1 Å². The van der Waals surface area contributed by atoms with Crippen LogP contribution < -0.4 is 0 Å². The number of nitrogens with zero attached hydrogens (tertiary/aromatic N) is 2. The Bertz CT molecular complexity index is 413. The summed E-state index contributed by atoms with van der Waals surface area (Å²) in [6, 6.07) is 2.82. The van der Waals surface area contributed by atoms with Crippen LogP contribution in [0.3, 0.4) is 0 Å². The Balaban J connectivity index is 0.000000845. The van der Waals surface area contributed by atoms with Gasteiger partial charge in [0.1, 0.15) is 11.5 Å². The molecule has 70 valence electrons. The van der Waals surface area contributed by atoms with Gasteiger partial charge in [0.2, 0.25) is 0 Å². The fourth-order valence-corrected chi connectivity index (χ4v) is 1.34. The first kappa shape index (κ1) is 10.7.